The van der Waals surface area contributed by atoms with E-state index in [0.717, 1.165) is 17.1 Å². The van der Waals surface area contributed by atoms with Crippen LogP contribution in [-0.4, -0.2) is 5.75 Å². The number of benzene rings is 2. The lowest BCUT2D eigenvalue weighted by Crippen LogP contribution is -2.13. The zero-order chi connectivity index (χ0) is 13.7. The molecule has 1 nitrogen and oxygen atoms in total. The summed E-state index contributed by atoms with van der Waals surface area (Å²) in [5, 5.41) is 0. The molecule has 0 spiro atoms. The number of aryl methyl sites for hydroxylation is 1. The van der Waals surface area contributed by atoms with Gasteiger partial charge >= 0.3 is 0 Å². The second kappa shape index (κ2) is 6.73. The molecular weight excluding hydrogens is 257 g/mol. The monoisotopic (exact) mass is 275 g/mol. The van der Waals surface area contributed by atoms with E-state index < -0.39 is 0 Å². The summed E-state index contributed by atoms with van der Waals surface area (Å²) >= 11 is 1.78. The van der Waals surface area contributed by atoms with Gasteiger partial charge in [0.05, 0.1) is 0 Å². The molecule has 3 heteroatoms. The fourth-order valence-corrected chi connectivity index (χ4v) is 2.92. The van der Waals surface area contributed by atoms with Crippen LogP contribution in [0.4, 0.5) is 4.39 Å². The summed E-state index contributed by atoms with van der Waals surface area (Å²) in [6, 6.07) is 14.9. The van der Waals surface area contributed by atoms with Crippen LogP contribution in [0.1, 0.15) is 22.7 Å². The van der Waals surface area contributed by atoms with Gasteiger partial charge < -0.3 is 5.73 Å². The molecule has 0 bridgehead atoms. The Bertz CT molecular complexity index is 542. The minimum Gasteiger partial charge on any atom is -0.323 e. The lowest BCUT2D eigenvalue weighted by Gasteiger charge is -2.12. The van der Waals surface area contributed by atoms with Crippen molar-refractivity contribution >= 4 is 11.8 Å². The third-order valence-electron chi connectivity index (χ3n) is 2.93. The molecule has 19 heavy (non-hydrogen) atoms. The number of nitrogens with two attached hydrogens (primary N) is 1. The molecule has 0 heterocycles. The summed E-state index contributed by atoms with van der Waals surface area (Å²) in [4.78, 5) is 0. The highest BCUT2D eigenvalue weighted by atomic mass is 32.2. The highest BCUT2D eigenvalue weighted by molar-refractivity contribution is 7.98. The third kappa shape index (κ3) is 4.37. The highest BCUT2D eigenvalue weighted by Crippen LogP contribution is 2.20. The van der Waals surface area contributed by atoms with Crippen molar-refractivity contribution in [2.75, 3.05) is 5.75 Å². The fourth-order valence-electron chi connectivity index (χ4n) is 1.94. The van der Waals surface area contributed by atoms with Gasteiger partial charge in [-0.05, 0) is 30.2 Å². The van der Waals surface area contributed by atoms with Gasteiger partial charge in [-0.1, -0.05) is 42.0 Å². The van der Waals surface area contributed by atoms with E-state index in [1.54, 1.807) is 17.8 Å². The van der Waals surface area contributed by atoms with Crippen LogP contribution in [0, 0.1) is 12.7 Å². The predicted molar refractivity (Wildman–Crippen MR) is 80.7 cm³/mol. The van der Waals surface area contributed by atoms with E-state index in [-0.39, 0.29) is 11.9 Å². The summed E-state index contributed by atoms with van der Waals surface area (Å²) in [6.45, 7) is 2.09. The van der Waals surface area contributed by atoms with Gasteiger partial charge in [0.1, 0.15) is 5.82 Å². The Morgan fingerprint density at radius 1 is 1.16 bits per heavy atom. The van der Waals surface area contributed by atoms with E-state index in [0.29, 0.717) is 0 Å². The number of halogens is 1. The van der Waals surface area contributed by atoms with Crippen molar-refractivity contribution in [2.24, 2.45) is 5.73 Å². The second-order valence-corrected chi connectivity index (χ2v) is 5.70. The maximum Gasteiger partial charge on any atom is 0.123 e. The van der Waals surface area contributed by atoms with Crippen LogP contribution < -0.4 is 5.73 Å². The maximum absolute atomic E-state index is 13.1. The maximum atomic E-state index is 13.1. The van der Waals surface area contributed by atoms with E-state index in [4.69, 9.17) is 5.73 Å². The molecule has 0 amide bonds. The summed E-state index contributed by atoms with van der Waals surface area (Å²) in [6.07, 6.45) is 0. The van der Waals surface area contributed by atoms with Crippen LogP contribution in [0.2, 0.25) is 0 Å². The number of hydrogen-bond donors (Lipinski definition) is 1. The van der Waals surface area contributed by atoms with Crippen LogP contribution in [0.5, 0.6) is 0 Å². The topological polar surface area (TPSA) is 26.0 Å². The highest BCUT2D eigenvalue weighted by Gasteiger charge is 2.07. The van der Waals surface area contributed by atoms with Gasteiger partial charge in [0.15, 0.2) is 0 Å². The SMILES string of the molecule is Cc1cccc(CSCC(N)c2cccc(F)c2)c1. The quantitative estimate of drug-likeness (QED) is 0.890. The molecule has 1 unspecified atom stereocenters. The molecule has 0 aromatic heterocycles. The van der Waals surface area contributed by atoms with Crippen molar-refractivity contribution in [3.8, 4) is 0 Å². The standard InChI is InChI=1S/C16H18FNS/c1-12-4-2-5-13(8-12)10-19-11-16(18)14-6-3-7-15(17)9-14/h2-9,16H,10-11,18H2,1H3. The van der Waals surface area contributed by atoms with Gasteiger partial charge in [-0.15, -0.1) is 0 Å². The summed E-state index contributed by atoms with van der Waals surface area (Å²) in [7, 11) is 0. The fraction of sp³-hybridized carbons (Fsp3) is 0.250. The largest absolute Gasteiger partial charge is 0.323 e. The number of rotatable bonds is 5. The molecule has 0 aliphatic heterocycles. The molecule has 0 aliphatic carbocycles. The van der Waals surface area contributed by atoms with Crippen LogP contribution in [0.3, 0.4) is 0 Å². The Morgan fingerprint density at radius 3 is 2.68 bits per heavy atom. The second-order valence-electron chi connectivity index (χ2n) is 4.67. The number of hydrogen-bond acceptors (Lipinski definition) is 2. The average Bonchev–Trinajstić information content (AvgIpc) is 2.38. The van der Waals surface area contributed by atoms with Crippen molar-refractivity contribution < 1.29 is 4.39 Å². The Balaban J connectivity index is 1.85. The van der Waals surface area contributed by atoms with Crippen molar-refractivity contribution in [2.45, 2.75) is 18.7 Å². The minimum atomic E-state index is -0.225. The Hall–Kier alpha value is -1.32. The van der Waals surface area contributed by atoms with Crippen LogP contribution in [0.25, 0.3) is 0 Å². The molecule has 0 radical (unpaired) electrons. The normalized spacial score (nSPS) is 12.4. The zero-order valence-electron chi connectivity index (χ0n) is 11.0. The first-order valence-corrected chi connectivity index (χ1v) is 7.45. The minimum absolute atomic E-state index is 0.120. The Kier molecular flexibility index (Phi) is 5.00. The van der Waals surface area contributed by atoms with Crippen LogP contribution in [0.15, 0.2) is 48.5 Å². The van der Waals surface area contributed by atoms with E-state index in [9.17, 15) is 4.39 Å². The molecule has 2 aromatic carbocycles. The number of thioether (sulfide) groups is 1. The van der Waals surface area contributed by atoms with Gasteiger partial charge in [0.2, 0.25) is 0 Å². The summed E-state index contributed by atoms with van der Waals surface area (Å²) < 4.78 is 13.1. The summed E-state index contributed by atoms with van der Waals surface area (Å²) in [5.74, 6) is 1.50. The first-order valence-electron chi connectivity index (χ1n) is 6.29. The predicted octanol–water partition coefficient (Wildman–Crippen LogP) is 4.07. The van der Waals surface area contributed by atoms with Gasteiger partial charge in [0, 0.05) is 17.5 Å². The molecule has 0 saturated heterocycles. The smallest absolute Gasteiger partial charge is 0.123 e. The summed E-state index contributed by atoms with van der Waals surface area (Å²) in [5.41, 5.74) is 9.50. The van der Waals surface area contributed by atoms with Gasteiger partial charge in [-0.2, -0.15) is 11.8 Å². The van der Waals surface area contributed by atoms with Crippen LogP contribution >= 0.6 is 11.8 Å². The van der Waals surface area contributed by atoms with E-state index in [1.807, 2.05) is 6.07 Å². The molecule has 0 fully saturated rings. The zero-order valence-corrected chi connectivity index (χ0v) is 11.8. The van der Waals surface area contributed by atoms with Crippen molar-refractivity contribution in [1.29, 1.82) is 0 Å². The molecule has 1 atom stereocenters. The van der Waals surface area contributed by atoms with Gasteiger partial charge in [-0.25, -0.2) is 4.39 Å². The molecule has 0 saturated carbocycles. The molecular formula is C16H18FNS. The van der Waals surface area contributed by atoms with Crippen molar-refractivity contribution in [3.63, 3.8) is 0 Å². The average molecular weight is 275 g/mol. The first kappa shape index (κ1) is 14.1. The lowest BCUT2D eigenvalue weighted by molar-refractivity contribution is 0.622. The van der Waals surface area contributed by atoms with Crippen LogP contribution in [-0.2, 0) is 5.75 Å². The van der Waals surface area contributed by atoms with E-state index in [2.05, 4.69) is 31.2 Å². The van der Waals surface area contributed by atoms with Crippen molar-refractivity contribution in [1.82, 2.24) is 0 Å². The molecule has 0 aliphatic rings. The van der Waals surface area contributed by atoms with Crippen molar-refractivity contribution in [3.05, 3.63) is 71.0 Å². The van der Waals surface area contributed by atoms with Gasteiger partial charge in [0.25, 0.3) is 0 Å². The first-order chi connectivity index (χ1) is 9.15. The molecule has 2 aromatic rings. The Labute approximate surface area is 118 Å². The molecule has 100 valence electrons. The van der Waals surface area contributed by atoms with E-state index >= 15 is 0 Å². The van der Waals surface area contributed by atoms with E-state index in [1.165, 1.54) is 23.3 Å². The molecule has 2 rings (SSSR count). The lowest BCUT2D eigenvalue weighted by atomic mass is 10.1. The third-order valence-corrected chi connectivity index (χ3v) is 4.06. The Morgan fingerprint density at radius 2 is 1.95 bits per heavy atom. The van der Waals surface area contributed by atoms with Gasteiger partial charge in [-0.3, -0.25) is 0 Å². The molecule has 2 N–H and O–H groups in total.